The largest absolute Gasteiger partial charge is 0.369 e. The Hall–Kier alpha value is -3.27. The lowest BCUT2D eigenvalue weighted by atomic mass is 9.96. The summed E-state index contributed by atoms with van der Waals surface area (Å²) < 4.78 is 1.38. The number of primary amides is 1. The van der Waals surface area contributed by atoms with Gasteiger partial charge in [0.05, 0.1) is 4.92 Å². The van der Waals surface area contributed by atoms with E-state index in [0.717, 1.165) is 45.1 Å². The first-order chi connectivity index (χ1) is 14.4. The molecule has 2 aromatic rings. The lowest BCUT2D eigenvalue weighted by Crippen LogP contribution is -2.39. The van der Waals surface area contributed by atoms with Crippen molar-refractivity contribution < 1.29 is 14.5 Å². The van der Waals surface area contributed by atoms with E-state index in [-0.39, 0.29) is 36.4 Å². The molecule has 3 N–H and O–H groups in total. The number of hydrogen-bond donors (Lipinski definition) is 2. The number of nitro groups is 1. The number of aryl methyl sites for hydroxylation is 1. The molecule has 0 radical (unpaired) electrons. The van der Waals surface area contributed by atoms with E-state index < -0.39 is 4.92 Å². The number of hydrogen-bond acceptors (Lipinski definition) is 6. The third-order valence-electron chi connectivity index (χ3n) is 5.34. The third kappa shape index (κ3) is 6.11. The number of amides is 2. The van der Waals surface area contributed by atoms with Crippen molar-refractivity contribution in [3.8, 4) is 0 Å². The van der Waals surface area contributed by atoms with E-state index in [0.29, 0.717) is 5.69 Å². The van der Waals surface area contributed by atoms with Crippen molar-refractivity contribution in [2.75, 3.05) is 25.0 Å². The van der Waals surface area contributed by atoms with Crippen LogP contribution in [-0.4, -0.2) is 51.1 Å². The van der Waals surface area contributed by atoms with Gasteiger partial charge in [-0.05, 0) is 50.0 Å². The molecule has 0 aliphatic carbocycles. The van der Waals surface area contributed by atoms with E-state index in [9.17, 15) is 19.7 Å². The van der Waals surface area contributed by atoms with Gasteiger partial charge < -0.3 is 16.0 Å². The predicted molar refractivity (Wildman–Crippen MR) is 111 cm³/mol. The number of carbonyl (C=O) groups is 2. The van der Waals surface area contributed by atoms with E-state index in [1.54, 1.807) is 0 Å². The molecule has 1 aromatic heterocycles. The lowest BCUT2D eigenvalue weighted by molar-refractivity contribution is -0.385. The highest BCUT2D eigenvalue weighted by molar-refractivity contribution is 5.90. The number of nitrogens with two attached hydrogens (primary N) is 1. The van der Waals surface area contributed by atoms with Crippen LogP contribution in [0.5, 0.6) is 0 Å². The number of carbonyl (C=O) groups excluding carboxylic acids is 2. The van der Waals surface area contributed by atoms with Crippen LogP contribution in [-0.2, 0) is 22.6 Å². The minimum atomic E-state index is -0.520. The molecule has 2 amide bonds. The number of rotatable bonds is 9. The van der Waals surface area contributed by atoms with Crippen molar-refractivity contribution in [2.45, 2.75) is 32.2 Å². The van der Waals surface area contributed by atoms with Crippen molar-refractivity contribution in [3.05, 3.63) is 52.3 Å². The Morgan fingerprint density at radius 2 is 1.90 bits per heavy atom. The minimum absolute atomic E-state index is 0.00700. The molecule has 160 valence electrons. The molecule has 10 nitrogen and oxygen atoms in total. The molecule has 1 aliphatic rings. The summed E-state index contributed by atoms with van der Waals surface area (Å²) in [6.07, 6.45) is 5.18. The molecule has 30 heavy (non-hydrogen) atoms. The SMILES string of the molecule is NC(=O)C1CCN(CCc2ccc(NC(=O)CCn3cc([N+](=O)[O-])cn3)cc2)CC1. The lowest BCUT2D eigenvalue weighted by Gasteiger charge is -2.30. The summed E-state index contributed by atoms with van der Waals surface area (Å²) in [4.78, 5) is 35.8. The van der Waals surface area contributed by atoms with Crippen molar-refractivity contribution in [3.63, 3.8) is 0 Å². The maximum Gasteiger partial charge on any atom is 0.306 e. The van der Waals surface area contributed by atoms with Gasteiger partial charge in [0.2, 0.25) is 11.8 Å². The number of nitrogens with zero attached hydrogens (tertiary/aromatic N) is 4. The average Bonchev–Trinajstić information content (AvgIpc) is 3.22. The van der Waals surface area contributed by atoms with Crippen LogP contribution in [0, 0.1) is 16.0 Å². The Labute approximate surface area is 174 Å². The van der Waals surface area contributed by atoms with Crippen molar-refractivity contribution in [1.29, 1.82) is 0 Å². The number of nitrogens with one attached hydrogen (secondary N) is 1. The van der Waals surface area contributed by atoms with Crippen LogP contribution in [0.15, 0.2) is 36.7 Å². The Kier molecular flexibility index (Phi) is 7.12. The quantitative estimate of drug-likeness (QED) is 0.472. The van der Waals surface area contributed by atoms with Gasteiger partial charge in [0, 0.05) is 31.1 Å². The molecular formula is C20H26N6O4. The molecule has 1 aliphatic heterocycles. The fraction of sp³-hybridized carbons (Fsp3) is 0.450. The van der Waals surface area contributed by atoms with E-state index >= 15 is 0 Å². The summed E-state index contributed by atoms with van der Waals surface area (Å²) in [5, 5.41) is 17.3. The Balaban J connectivity index is 1.39. The Morgan fingerprint density at radius 1 is 1.20 bits per heavy atom. The molecule has 2 heterocycles. The Bertz CT molecular complexity index is 887. The summed E-state index contributed by atoms with van der Waals surface area (Å²) in [6.45, 7) is 2.97. The topological polar surface area (TPSA) is 136 Å². The molecule has 0 unspecified atom stereocenters. The molecule has 0 saturated carbocycles. The highest BCUT2D eigenvalue weighted by Crippen LogP contribution is 2.17. The van der Waals surface area contributed by atoms with Gasteiger partial charge in [-0.25, -0.2) is 0 Å². The zero-order valence-electron chi connectivity index (χ0n) is 16.7. The van der Waals surface area contributed by atoms with Gasteiger partial charge in [-0.15, -0.1) is 0 Å². The first-order valence-corrected chi connectivity index (χ1v) is 9.98. The number of aromatic nitrogens is 2. The van der Waals surface area contributed by atoms with E-state index in [1.807, 2.05) is 24.3 Å². The smallest absolute Gasteiger partial charge is 0.306 e. The fourth-order valence-electron chi connectivity index (χ4n) is 3.49. The van der Waals surface area contributed by atoms with Crippen LogP contribution < -0.4 is 11.1 Å². The molecule has 10 heteroatoms. The van der Waals surface area contributed by atoms with Gasteiger partial charge in [0.25, 0.3) is 0 Å². The van der Waals surface area contributed by atoms with Crippen LogP contribution in [0.3, 0.4) is 0 Å². The van der Waals surface area contributed by atoms with Crippen molar-refractivity contribution >= 4 is 23.2 Å². The molecule has 0 bridgehead atoms. The normalized spacial score (nSPS) is 15.1. The average molecular weight is 414 g/mol. The maximum absolute atomic E-state index is 12.1. The summed E-state index contributed by atoms with van der Waals surface area (Å²) in [5.41, 5.74) is 7.16. The zero-order valence-corrected chi connectivity index (χ0v) is 16.7. The summed E-state index contributed by atoms with van der Waals surface area (Å²) in [7, 11) is 0. The molecule has 0 spiro atoms. The number of anilines is 1. The molecule has 1 fully saturated rings. The van der Waals surface area contributed by atoms with Gasteiger partial charge in [-0.1, -0.05) is 12.1 Å². The minimum Gasteiger partial charge on any atom is -0.369 e. The second-order valence-electron chi connectivity index (χ2n) is 7.48. The summed E-state index contributed by atoms with van der Waals surface area (Å²) in [5.74, 6) is -0.371. The van der Waals surface area contributed by atoms with Gasteiger partial charge in [-0.3, -0.25) is 24.4 Å². The predicted octanol–water partition coefficient (Wildman–Crippen LogP) is 1.56. The van der Waals surface area contributed by atoms with Gasteiger partial charge in [0.15, 0.2) is 0 Å². The van der Waals surface area contributed by atoms with E-state index in [1.165, 1.54) is 16.4 Å². The molecule has 0 atom stereocenters. The second-order valence-corrected chi connectivity index (χ2v) is 7.48. The first-order valence-electron chi connectivity index (χ1n) is 9.98. The highest BCUT2D eigenvalue weighted by Gasteiger charge is 2.22. The monoisotopic (exact) mass is 414 g/mol. The first kappa shape index (κ1) is 21.4. The van der Waals surface area contributed by atoms with Crippen molar-refractivity contribution in [2.24, 2.45) is 11.7 Å². The van der Waals surface area contributed by atoms with E-state index in [2.05, 4.69) is 15.3 Å². The standard InChI is InChI=1S/C20H26N6O4/c21-20(28)16-6-10-24(11-7-16)9-5-15-1-3-17(4-2-15)23-19(27)8-12-25-14-18(13-22-25)26(29)30/h1-4,13-14,16H,5-12H2,(H2,21,28)(H,23,27). The molecule has 1 saturated heterocycles. The Morgan fingerprint density at radius 3 is 2.50 bits per heavy atom. The number of likely N-dealkylation sites (tertiary alicyclic amines) is 1. The van der Waals surface area contributed by atoms with Crippen LogP contribution >= 0.6 is 0 Å². The van der Waals surface area contributed by atoms with Crippen LogP contribution in [0.1, 0.15) is 24.8 Å². The fourth-order valence-corrected chi connectivity index (χ4v) is 3.49. The van der Waals surface area contributed by atoms with Crippen LogP contribution in [0.25, 0.3) is 0 Å². The molecule has 1 aromatic carbocycles. The van der Waals surface area contributed by atoms with E-state index in [4.69, 9.17) is 5.73 Å². The van der Waals surface area contributed by atoms with Crippen molar-refractivity contribution in [1.82, 2.24) is 14.7 Å². The molecule has 3 rings (SSSR count). The zero-order chi connectivity index (χ0) is 21.5. The highest BCUT2D eigenvalue weighted by atomic mass is 16.6. The second kappa shape index (κ2) is 9.97. The number of benzene rings is 1. The van der Waals surface area contributed by atoms with Gasteiger partial charge >= 0.3 is 5.69 Å². The summed E-state index contributed by atoms with van der Waals surface area (Å²) in [6, 6.07) is 7.71. The van der Waals surface area contributed by atoms with Crippen LogP contribution in [0.2, 0.25) is 0 Å². The van der Waals surface area contributed by atoms with Gasteiger partial charge in [-0.2, -0.15) is 5.10 Å². The number of piperidine rings is 1. The molecular weight excluding hydrogens is 388 g/mol. The third-order valence-corrected chi connectivity index (χ3v) is 5.34. The maximum atomic E-state index is 12.1. The summed E-state index contributed by atoms with van der Waals surface area (Å²) >= 11 is 0. The van der Waals surface area contributed by atoms with Gasteiger partial charge in [0.1, 0.15) is 12.4 Å². The van der Waals surface area contributed by atoms with Crippen LogP contribution in [0.4, 0.5) is 11.4 Å².